The second-order valence-corrected chi connectivity index (χ2v) is 2.22. The van der Waals surface area contributed by atoms with Crippen LogP contribution in [0.2, 0.25) is 0 Å². The van der Waals surface area contributed by atoms with Gasteiger partial charge in [-0.2, -0.15) is 5.11 Å². The summed E-state index contributed by atoms with van der Waals surface area (Å²) in [4.78, 5) is 0. The van der Waals surface area contributed by atoms with Crippen LogP contribution in [0.1, 0.15) is 6.92 Å². The standard InChI is InChI=1S/C7H13N3O/c1-6(8)3-2-4-7(11)5-10-9/h2-4,6,9,11H,5,8H2,1H3/b3-2-,7-4-,10-9?. The Morgan fingerprint density at radius 1 is 1.82 bits per heavy atom. The summed E-state index contributed by atoms with van der Waals surface area (Å²) in [5.74, 6) is 0.0666. The number of hydrogen-bond acceptors (Lipinski definition) is 4. The third kappa shape index (κ3) is 6.73. The Labute approximate surface area is 65.9 Å². The highest BCUT2D eigenvalue weighted by Crippen LogP contribution is 1.90. The molecule has 11 heavy (non-hydrogen) atoms. The molecule has 0 aliphatic carbocycles. The molecule has 0 fully saturated rings. The zero-order chi connectivity index (χ0) is 8.69. The minimum absolute atomic E-state index is 0.0213. The molecule has 4 N–H and O–H groups in total. The number of nitrogens with one attached hydrogen (secondary N) is 1. The monoisotopic (exact) mass is 155 g/mol. The number of allylic oxidation sites excluding steroid dienone is 2. The third-order valence-corrected chi connectivity index (χ3v) is 0.944. The molecule has 0 saturated heterocycles. The van der Waals surface area contributed by atoms with Crippen molar-refractivity contribution >= 4 is 0 Å². The molecule has 4 heteroatoms. The van der Waals surface area contributed by atoms with Gasteiger partial charge in [-0.15, -0.1) is 0 Å². The highest BCUT2D eigenvalue weighted by Gasteiger charge is 1.86. The predicted octanol–water partition coefficient (Wildman–Crippen LogP) is 1.36. The van der Waals surface area contributed by atoms with E-state index in [1.807, 2.05) is 6.92 Å². The normalized spacial score (nSPS) is 15.3. The maximum atomic E-state index is 8.92. The summed E-state index contributed by atoms with van der Waals surface area (Å²) in [5.41, 5.74) is 11.8. The average Bonchev–Trinajstić information content (AvgIpc) is 1.87. The Morgan fingerprint density at radius 3 is 2.91 bits per heavy atom. The average molecular weight is 155 g/mol. The molecule has 1 unspecified atom stereocenters. The van der Waals surface area contributed by atoms with Gasteiger partial charge in [-0.3, -0.25) is 0 Å². The number of nitrogens with zero attached hydrogens (tertiary/aromatic N) is 1. The lowest BCUT2D eigenvalue weighted by molar-refractivity contribution is 0.401. The summed E-state index contributed by atoms with van der Waals surface area (Å²) in [6.07, 6.45) is 4.85. The van der Waals surface area contributed by atoms with Crippen LogP contribution in [0.15, 0.2) is 29.1 Å². The Hall–Kier alpha value is -1.16. The zero-order valence-electron chi connectivity index (χ0n) is 6.49. The summed E-state index contributed by atoms with van der Waals surface area (Å²) < 4.78 is 0. The second-order valence-electron chi connectivity index (χ2n) is 2.22. The van der Waals surface area contributed by atoms with Crippen LogP contribution < -0.4 is 5.73 Å². The van der Waals surface area contributed by atoms with Crippen molar-refractivity contribution in [3.63, 3.8) is 0 Å². The quantitative estimate of drug-likeness (QED) is 0.325. The first-order chi connectivity index (χ1) is 5.16. The summed E-state index contributed by atoms with van der Waals surface area (Å²) in [7, 11) is 0. The highest BCUT2D eigenvalue weighted by molar-refractivity contribution is 5.09. The molecule has 0 spiro atoms. The summed E-state index contributed by atoms with van der Waals surface area (Å²) in [6.45, 7) is 1.86. The van der Waals surface area contributed by atoms with Gasteiger partial charge >= 0.3 is 0 Å². The van der Waals surface area contributed by atoms with Gasteiger partial charge in [-0.25, -0.2) is 5.53 Å². The molecule has 0 aliphatic rings. The predicted molar refractivity (Wildman–Crippen MR) is 43.5 cm³/mol. The van der Waals surface area contributed by atoms with Crippen molar-refractivity contribution in [1.82, 2.24) is 0 Å². The molecule has 0 aromatic rings. The first-order valence-electron chi connectivity index (χ1n) is 3.32. The first-order valence-corrected chi connectivity index (χ1v) is 3.32. The molecule has 0 radical (unpaired) electrons. The van der Waals surface area contributed by atoms with Crippen molar-refractivity contribution in [2.45, 2.75) is 13.0 Å². The van der Waals surface area contributed by atoms with Crippen LogP contribution in [0.4, 0.5) is 0 Å². The van der Waals surface area contributed by atoms with E-state index in [0.717, 1.165) is 0 Å². The van der Waals surface area contributed by atoms with Crippen molar-refractivity contribution in [2.24, 2.45) is 10.8 Å². The number of nitrogens with two attached hydrogens (primary N) is 1. The van der Waals surface area contributed by atoms with E-state index in [9.17, 15) is 0 Å². The van der Waals surface area contributed by atoms with Crippen molar-refractivity contribution in [3.05, 3.63) is 24.0 Å². The van der Waals surface area contributed by atoms with Crippen molar-refractivity contribution < 1.29 is 5.11 Å². The molecule has 62 valence electrons. The Kier molecular flexibility index (Phi) is 5.02. The fourth-order valence-corrected chi connectivity index (χ4v) is 0.476. The van der Waals surface area contributed by atoms with Crippen LogP contribution >= 0.6 is 0 Å². The van der Waals surface area contributed by atoms with Crippen LogP contribution in [-0.2, 0) is 0 Å². The van der Waals surface area contributed by atoms with E-state index in [1.165, 1.54) is 6.08 Å². The Bertz CT molecular complexity index is 173. The molecule has 0 rings (SSSR count). The number of aliphatic hydroxyl groups is 1. The Balaban J connectivity index is 3.80. The van der Waals surface area contributed by atoms with Gasteiger partial charge in [-0.1, -0.05) is 12.2 Å². The van der Waals surface area contributed by atoms with E-state index in [4.69, 9.17) is 16.4 Å². The van der Waals surface area contributed by atoms with Gasteiger partial charge in [-0.05, 0) is 13.0 Å². The molecule has 4 nitrogen and oxygen atoms in total. The van der Waals surface area contributed by atoms with Crippen LogP contribution in [-0.4, -0.2) is 17.7 Å². The molecule has 0 heterocycles. The van der Waals surface area contributed by atoms with E-state index < -0.39 is 0 Å². The zero-order valence-corrected chi connectivity index (χ0v) is 6.49. The van der Waals surface area contributed by atoms with Gasteiger partial charge in [0, 0.05) is 6.04 Å². The summed E-state index contributed by atoms with van der Waals surface area (Å²) in [5, 5.41) is 11.9. The molecular formula is C7H13N3O. The topological polar surface area (TPSA) is 82.5 Å². The van der Waals surface area contributed by atoms with Gasteiger partial charge in [0.2, 0.25) is 0 Å². The summed E-state index contributed by atoms with van der Waals surface area (Å²) >= 11 is 0. The van der Waals surface area contributed by atoms with Crippen LogP contribution in [0, 0.1) is 5.53 Å². The van der Waals surface area contributed by atoms with E-state index in [0.29, 0.717) is 0 Å². The van der Waals surface area contributed by atoms with Crippen LogP contribution in [0.3, 0.4) is 0 Å². The molecule has 0 amide bonds. The molecule has 1 atom stereocenters. The smallest absolute Gasteiger partial charge is 0.117 e. The lowest BCUT2D eigenvalue weighted by Gasteiger charge is -1.92. The molecule has 0 bridgehead atoms. The van der Waals surface area contributed by atoms with Gasteiger partial charge in [0.25, 0.3) is 0 Å². The van der Waals surface area contributed by atoms with Crippen molar-refractivity contribution in [1.29, 1.82) is 5.53 Å². The SMILES string of the molecule is CC(N)/C=C\C=C(/O)CN=N. The van der Waals surface area contributed by atoms with E-state index in [1.54, 1.807) is 12.2 Å². The van der Waals surface area contributed by atoms with E-state index in [-0.39, 0.29) is 18.3 Å². The van der Waals surface area contributed by atoms with Crippen LogP contribution in [0.5, 0.6) is 0 Å². The number of hydrogen-bond donors (Lipinski definition) is 3. The maximum absolute atomic E-state index is 8.92. The van der Waals surface area contributed by atoms with Gasteiger partial charge in [0.05, 0.1) is 0 Å². The molecule has 0 aromatic carbocycles. The van der Waals surface area contributed by atoms with E-state index >= 15 is 0 Å². The fourth-order valence-electron chi connectivity index (χ4n) is 0.476. The second kappa shape index (κ2) is 5.61. The first kappa shape index (κ1) is 9.84. The molecule has 0 aromatic heterocycles. The van der Waals surface area contributed by atoms with Crippen molar-refractivity contribution in [3.8, 4) is 0 Å². The highest BCUT2D eigenvalue weighted by atomic mass is 16.3. The molecular weight excluding hydrogens is 142 g/mol. The van der Waals surface area contributed by atoms with Gasteiger partial charge < -0.3 is 10.8 Å². The largest absolute Gasteiger partial charge is 0.510 e. The lowest BCUT2D eigenvalue weighted by Crippen LogP contribution is -2.09. The third-order valence-electron chi connectivity index (χ3n) is 0.944. The maximum Gasteiger partial charge on any atom is 0.117 e. The molecule has 0 aliphatic heterocycles. The number of rotatable bonds is 4. The fraction of sp³-hybridized carbons (Fsp3) is 0.429. The van der Waals surface area contributed by atoms with Crippen LogP contribution in [0.25, 0.3) is 0 Å². The van der Waals surface area contributed by atoms with Gasteiger partial charge in [0.15, 0.2) is 0 Å². The number of aliphatic hydroxyl groups excluding tert-OH is 1. The minimum atomic E-state index is -0.0213. The Morgan fingerprint density at radius 2 is 2.45 bits per heavy atom. The van der Waals surface area contributed by atoms with Gasteiger partial charge in [0.1, 0.15) is 12.3 Å². The lowest BCUT2D eigenvalue weighted by atomic mass is 10.3. The van der Waals surface area contributed by atoms with E-state index in [2.05, 4.69) is 5.11 Å². The molecule has 0 saturated carbocycles. The minimum Gasteiger partial charge on any atom is -0.510 e. The van der Waals surface area contributed by atoms with Crippen molar-refractivity contribution in [2.75, 3.05) is 6.54 Å². The summed E-state index contributed by atoms with van der Waals surface area (Å²) in [6, 6.07) is -0.0213.